The number of ether oxygens (including phenoxy) is 2. The minimum Gasteiger partial charge on any atom is -0.453 e. The van der Waals surface area contributed by atoms with Crippen LogP contribution < -0.4 is 10.6 Å². The number of aromatic amines is 2. The van der Waals surface area contributed by atoms with Gasteiger partial charge in [-0.3, -0.25) is 9.69 Å². The van der Waals surface area contributed by atoms with Gasteiger partial charge in [-0.1, -0.05) is 82.3 Å². The third kappa shape index (κ3) is 8.83. The molecule has 4 aromatic carbocycles. The van der Waals surface area contributed by atoms with Crippen molar-refractivity contribution in [3.63, 3.8) is 0 Å². The summed E-state index contributed by atoms with van der Waals surface area (Å²) in [5.74, 6) is 1.74. The molecule has 2 fully saturated rings. The summed E-state index contributed by atoms with van der Waals surface area (Å²) in [6.07, 6.45) is 4.65. The second-order valence-electron chi connectivity index (χ2n) is 17.1. The van der Waals surface area contributed by atoms with Crippen LogP contribution in [-0.2, 0) is 14.3 Å². The van der Waals surface area contributed by atoms with E-state index in [1.165, 1.54) is 14.2 Å². The van der Waals surface area contributed by atoms with Crippen LogP contribution in [-0.4, -0.2) is 93.8 Å². The average molecular weight is 825 g/mol. The Labute approximate surface area is 356 Å². The van der Waals surface area contributed by atoms with Crippen molar-refractivity contribution in [1.82, 2.24) is 40.4 Å². The highest BCUT2D eigenvalue weighted by Crippen LogP contribution is 2.36. The van der Waals surface area contributed by atoms with Gasteiger partial charge in [-0.2, -0.15) is 0 Å². The van der Waals surface area contributed by atoms with E-state index in [4.69, 9.17) is 19.4 Å². The van der Waals surface area contributed by atoms with E-state index in [-0.39, 0.29) is 35.9 Å². The lowest BCUT2D eigenvalue weighted by Gasteiger charge is -2.30. The maximum Gasteiger partial charge on any atom is 0.407 e. The lowest BCUT2D eigenvalue weighted by Crippen LogP contribution is -2.51. The van der Waals surface area contributed by atoms with Crippen LogP contribution in [0.15, 0.2) is 85.1 Å². The number of nitrogens with one attached hydrogen (secondary N) is 4. The van der Waals surface area contributed by atoms with Crippen LogP contribution in [0.2, 0.25) is 0 Å². The SMILES string of the molecule is COC(=O)NC(CN1CCCC1c1ncc(-c2ccc(-c3ccc4ccc(-c5ccc6nc(C7CCCN7C(=O)C(NC(=O)OC)C(C)C)[nH]c6c5)cc4c3)cc2)[nH]1)C(C)C. The predicted molar refractivity (Wildman–Crippen MR) is 238 cm³/mol. The van der Waals surface area contributed by atoms with Crippen molar-refractivity contribution < 1.29 is 23.9 Å². The van der Waals surface area contributed by atoms with Gasteiger partial charge < -0.3 is 35.0 Å². The zero-order chi connectivity index (χ0) is 42.8. The van der Waals surface area contributed by atoms with Gasteiger partial charge in [0.25, 0.3) is 0 Å². The summed E-state index contributed by atoms with van der Waals surface area (Å²) >= 11 is 0. The maximum atomic E-state index is 13.7. The molecule has 0 aliphatic carbocycles. The molecule has 4 heterocycles. The number of nitrogens with zero attached hydrogens (tertiary/aromatic N) is 4. The molecular weight excluding hydrogens is 769 g/mol. The molecular formula is C48H56N8O5. The molecule has 0 bridgehead atoms. The summed E-state index contributed by atoms with van der Waals surface area (Å²) in [7, 11) is 2.70. The van der Waals surface area contributed by atoms with Gasteiger partial charge in [-0.15, -0.1) is 0 Å². The van der Waals surface area contributed by atoms with Crippen LogP contribution in [0.4, 0.5) is 9.59 Å². The standard InChI is InChI=1S/C48H56N8O5/c1-28(2)40(53-47(58)60-5)27-55-21-7-9-41(55)44-49-26-39(52-44)32-15-11-30(12-16-32)33-17-13-31-14-18-34(24-36(31)23-33)35-19-20-37-38(25-35)51-45(50-37)42-10-8-22-56(42)46(57)43(29(3)4)54-48(59)61-6/h11-20,23-26,28-29,40-43H,7-10,21-22,27H2,1-6H3,(H,49,52)(H,50,51)(H,53,58)(H,54,59). The summed E-state index contributed by atoms with van der Waals surface area (Å²) in [4.78, 5) is 58.9. The Morgan fingerprint density at radius 2 is 1.33 bits per heavy atom. The van der Waals surface area contributed by atoms with E-state index in [0.29, 0.717) is 6.54 Å². The molecule has 13 nitrogen and oxygen atoms in total. The highest BCUT2D eigenvalue weighted by Gasteiger charge is 2.38. The highest BCUT2D eigenvalue weighted by atomic mass is 16.5. The second kappa shape index (κ2) is 17.8. The van der Waals surface area contributed by atoms with Gasteiger partial charge in [0, 0.05) is 19.1 Å². The number of hydrogen-bond donors (Lipinski definition) is 4. The van der Waals surface area contributed by atoms with Gasteiger partial charge >= 0.3 is 12.2 Å². The van der Waals surface area contributed by atoms with Crippen LogP contribution >= 0.6 is 0 Å². The van der Waals surface area contributed by atoms with Crippen LogP contribution in [0, 0.1) is 11.8 Å². The summed E-state index contributed by atoms with van der Waals surface area (Å²) in [5.41, 5.74) is 8.23. The smallest absolute Gasteiger partial charge is 0.407 e. The topological polar surface area (TPSA) is 158 Å². The fourth-order valence-corrected chi connectivity index (χ4v) is 8.90. The number of alkyl carbamates (subject to hydrolysis) is 2. The second-order valence-corrected chi connectivity index (χ2v) is 17.1. The van der Waals surface area contributed by atoms with E-state index in [9.17, 15) is 14.4 Å². The van der Waals surface area contributed by atoms with Crippen molar-refractivity contribution in [2.75, 3.05) is 33.9 Å². The van der Waals surface area contributed by atoms with E-state index in [1.807, 2.05) is 31.0 Å². The van der Waals surface area contributed by atoms with Crippen LogP contribution in [0.5, 0.6) is 0 Å². The number of methoxy groups -OCH3 is 2. The summed E-state index contributed by atoms with van der Waals surface area (Å²) in [6.45, 7) is 10.4. The highest BCUT2D eigenvalue weighted by molar-refractivity contribution is 5.92. The van der Waals surface area contributed by atoms with E-state index in [0.717, 1.165) is 106 Å². The number of rotatable bonds is 12. The number of fused-ring (bicyclic) bond motifs is 2. The van der Waals surface area contributed by atoms with Crippen LogP contribution in [0.25, 0.3) is 55.3 Å². The molecule has 4 unspecified atom stereocenters. The molecule has 3 amide bonds. The molecule has 61 heavy (non-hydrogen) atoms. The Kier molecular flexibility index (Phi) is 12.1. The Hall–Kier alpha value is -6.21. The normalized spacial score (nSPS) is 17.9. The van der Waals surface area contributed by atoms with Crippen molar-refractivity contribution in [2.24, 2.45) is 11.8 Å². The van der Waals surface area contributed by atoms with Crippen molar-refractivity contribution >= 4 is 39.9 Å². The Bertz CT molecular complexity index is 2530. The van der Waals surface area contributed by atoms with Crippen LogP contribution in [0.1, 0.15) is 77.1 Å². The van der Waals surface area contributed by atoms with Crippen molar-refractivity contribution in [1.29, 1.82) is 0 Å². The number of hydrogen-bond acceptors (Lipinski definition) is 8. The summed E-state index contributed by atoms with van der Waals surface area (Å²) in [6, 6.07) is 27.3. The van der Waals surface area contributed by atoms with Crippen molar-refractivity contribution in [2.45, 2.75) is 77.5 Å². The van der Waals surface area contributed by atoms with E-state index in [1.54, 1.807) is 0 Å². The first-order valence-corrected chi connectivity index (χ1v) is 21.4. The Balaban J connectivity index is 0.969. The number of H-pyrrole nitrogens is 2. The monoisotopic (exact) mass is 824 g/mol. The van der Waals surface area contributed by atoms with Gasteiger partial charge in [0.15, 0.2) is 0 Å². The molecule has 0 radical (unpaired) electrons. The number of aromatic nitrogens is 4. The number of likely N-dealkylation sites (tertiary alicyclic amines) is 2. The van der Waals surface area contributed by atoms with Crippen LogP contribution in [0.3, 0.4) is 0 Å². The number of amides is 3. The Morgan fingerprint density at radius 1 is 0.705 bits per heavy atom. The summed E-state index contributed by atoms with van der Waals surface area (Å²) in [5, 5.41) is 8.03. The first-order valence-electron chi connectivity index (χ1n) is 21.4. The van der Waals surface area contributed by atoms with Gasteiger partial charge in [0.05, 0.1) is 49.2 Å². The zero-order valence-electron chi connectivity index (χ0n) is 35.8. The first kappa shape index (κ1) is 41.5. The molecule has 2 aliphatic rings. The van der Waals surface area contributed by atoms with Gasteiger partial charge in [-0.05, 0) is 107 Å². The minimum atomic E-state index is -0.684. The fourth-order valence-electron chi connectivity index (χ4n) is 8.90. The lowest BCUT2D eigenvalue weighted by atomic mass is 9.97. The molecule has 2 aliphatic heterocycles. The molecule has 13 heteroatoms. The van der Waals surface area contributed by atoms with Crippen molar-refractivity contribution in [3.8, 4) is 33.5 Å². The zero-order valence-corrected chi connectivity index (χ0v) is 35.8. The molecule has 0 saturated carbocycles. The minimum absolute atomic E-state index is 0.0183. The number of carbonyl (C=O) groups is 3. The largest absolute Gasteiger partial charge is 0.453 e. The Morgan fingerprint density at radius 3 is 2.03 bits per heavy atom. The first-order chi connectivity index (χ1) is 29.5. The lowest BCUT2D eigenvalue weighted by molar-refractivity contribution is -0.135. The molecule has 8 rings (SSSR count). The number of carbonyl (C=O) groups excluding carboxylic acids is 3. The molecule has 2 aromatic heterocycles. The number of imidazole rings is 2. The molecule has 6 aromatic rings. The molecule has 318 valence electrons. The third-order valence-electron chi connectivity index (χ3n) is 12.4. The average Bonchev–Trinajstić information content (AvgIpc) is 4.11. The molecule has 4 atom stereocenters. The summed E-state index contributed by atoms with van der Waals surface area (Å²) < 4.78 is 9.67. The quantitative estimate of drug-likeness (QED) is 0.0953. The van der Waals surface area contributed by atoms with E-state index >= 15 is 0 Å². The molecule has 4 N–H and O–H groups in total. The van der Waals surface area contributed by atoms with Crippen molar-refractivity contribution in [3.05, 3.63) is 96.7 Å². The number of benzene rings is 4. The van der Waals surface area contributed by atoms with Gasteiger partial charge in [0.1, 0.15) is 17.7 Å². The third-order valence-corrected chi connectivity index (χ3v) is 12.4. The van der Waals surface area contributed by atoms with Gasteiger partial charge in [0.2, 0.25) is 5.91 Å². The predicted octanol–water partition coefficient (Wildman–Crippen LogP) is 9.00. The fraction of sp³-hybridized carbons (Fsp3) is 0.396. The van der Waals surface area contributed by atoms with Gasteiger partial charge in [-0.25, -0.2) is 19.6 Å². The van der Waals surface area contributed by atoms with E-state index in [2.05, 4.69) is 112 Å². The maximum absolute atomic E-state index is 13.7. The molecule has 2 saturated heterocycles. The molecule has 0 spiro atoms. The van der Waals surface area contributed by atoms with E-state index < -0.39 is 18.2 Å².